The molecule has 2 N–H and O–H groups in total. The first-order valence-electron chi connectivity index (χ1n) is 9.88. The molecule has 1 saturated heterocycles. The molecule has 1 aliphatic heterocycles. The van der Waals surface area contributed by atoms with Gasteiger partial charge in [-0.3, -0.25) is 4.99 Å². The smallest absolute Gasteiger partial charge is 0.191 e. The zero-order valence-electron chi connectivity index (χ0n) is 17.2. The summed E-state index contributed by atoms with van der Waals surface area (Å²) in [6, 6.07) is 6.05. The van der Waals surface area contributed by atoms with Crippen molar-refractivity contribution in [1.29, 1.82) is 0 Å². The van der Waals surface area contributed by atoms with Crippen molar-refractivity contribution in [2.24, 2.45) is 4.99 Å². The van der Waals surface area contributed by atoms with Crippen LogP contribution in [0.15, 0.2) is 23.2 Å². The van der Waals surface area contributed by atoms with Crippen molar-refractivity contribution in [1.82, 2.24) is 10.6 Å². The second-order valence-electron chi connectivity index (χ2n) is 6.61. The highest BCUT2D eigenvalue weighted by atomic mass is 35.5. The van der Waals surface area contributed by atoms with Crippen LogP contribution in [-0.4, -0.2) is 72.2 Å². The molecule has 0 bridgehead atoms. The third-order valence-corrected chi connectivity index (χ3v) is 4.74. The van der Waals surface area contributed by atoms with E-state index in [0.29, 0.717) is 25.9 Å². The maximum Gasteiger partial charge on any atom is 0.191 e. The summed E-state index contributed by atoms with van der Waals surface area (Å²) in [5.74, 6) is 1.70. The molecule has 1 aromatic rings. The summed E-state index contributed by atoms with van der Waals surface area (Å²) < 4.78 is 15.9. The van der Waals surface area contributed by atoms with Gasteiger partial charge in [0.1, 0.15) is 5.75 Å². The molecule has 0 spiro atoms. The van der Waals surface area contributed by atoms with Crippen LogP contribution >= 0.6 is 11.6 Å². The highest BCUT2D eigenvalue weighted by molar-refractivity contribution is 6.30. The van der Waals surface area contributed by atoms with Crippen LogP contribution in [0.3, 0.4) is 0 Å². The Morgan fingerprint density at radius 3 is 2.89 bits per heavy atom. The molecule has 2 rings (SSSR count). The molecule has 1 atom stereocenters. The van der Waals surface area contributed by atoms with E-state index in [4.69, 9.17) is 25.8 Å². The van der Waals surface area contributed by atoms with Crippen LogP contribution in [0.5, 0.6) is 5.75 Å². The van der Waals surface area contributed by atoms with Crippen molar-refractivity contribution in [2.75, 3.05) is 65.1 Å². The van der Waals surface area contributed by atoms with E-state index in [2.05, 4.69) is 27.4 Å². The Morgan fingerprint density at radius 2 is 2.14 bits per heavy atom. The maximum absolute atomic E-state index is 6.18. The average Bonchev–Trinajstić information content (AvgIpc) is 3.15. The van der Waals surface area contributed by atoms with Gasteiger partial charge in [-0.1, -0.05) is 11.6 Å². The summed E-state index contributed by atoms with van der Waals surface area (Å²) in [5.41, 5.74) is 1.04. The van der Waals surface area contributed by atoms with Gasteiger partial charge in [-0.15, -0.1) is 0 Å². The van der Waals surface area contributed by atoms with Crippen LogP contribution in [-0.2, 0) is 9.47 Å². The molecule has 1 heterocycles. The lowest BCUT2D eigenvalue weighted by atomic mass is 10.2. The van der Waals surface area contributed by atoms with Crippen molar-refractivity contribution in [3.05, 3.63) is 23.2 Å². The molecule has 1 aromatic carbocycles. The number of rotatable bonds is 11. The van der Waals surface area contributed by atoms with Gasteiger partial charge in [0.2, 0.25) is 0 Å². The van der Waals surface area contributed by atoms with Gasteiger partial charge in [-0.25, -0.2) is 0 Å². The van der Waals surface area contributed by atoms with Crippen LogP contribution in [0.1, 0.15) is 19.8 Å². The molecular weight excluding hydrogens is 380 g/mol. The second-order valence-corrected chi connectivity index (χ2v) is 7.05. The van der Waals surface area contributed by atoms with E-state index in [-0.39, 0.29) is 0 Å². The van der Waals surface area contributed by atoms with E-state index in [1.165, 1.54) is 0 Å². The molecule has 28 heavy (non-hydrogen) atoms. The van der Waals surface area contributed by atoms with Gasteiger partial charge in [0.05, 0.1) is 26.0 Å². The number of aliphatic imine (C=N–C) groups is 1. The topological polar surface area (TPSA) is 67.4 Å². The van der Waals surface area contributed by atoms with Crippen molar-refractivity contribution in [3.8, 4) is 5.75 Å². The van der Waals surface area contributed by atoms with Crippen molar-refractivity contribution in [3.63, 3.8) is 0 Å². The lowest BCUT2D eigenvalue weighted by Gasteiger charge is -2.22. The predicted molar refractivity (Wildman–Crippen MR) is 115 cm³/mol. The summed E-state index contributed by atoms with van der Waals surface area (Å²) in [6.45, 7) is 7.39. The molecule has 8 heteroatoms. The summed E-state index contributed by atoms with van der Waals surface area (Å²) >= 11 is 6.18. The van der Waals surface area contributed by atoms with E-state index in [1.54, 1.807) is 14.2 Å². The number of nitrogens with one attached hydrogen (secondary N) is 2. The average molecular weight is 413 g/mol. The van der Waals surface area contributed by atoms with Crippen molar-refractivity contribution < 1.29 is 14.2 Å². The Kier molecular flexibility index (Phi) is 10.2. The SMILES string of the molecule is CCNC(=NCCCOCCOC)NC1CCN(c2cc(Cl)ccc2OC)C1. The van der Waals surface area contributed by atoms with Crippen LogP contribution < -0.4 is 20.3 Å². The number of nitrogens with zero attached hydrogens (tertiary/aromatic N) is 2. The molecule has 0 aromatic heterocycles. The van der Waals surface area contributed by atoms with Gasteiger partial charge in [0, 0.05) is 51.0 Å². The standard InChI is InChI=1S/C20H33ClN4O3/c1-4-22-20(23-9-5-11-28-13-12-26-2)24-17-8-10-25(15-17)18-14-16(21)6-7-19(18)27-3/h6-7,14,17H,4-5,8-13,15H2,1-3H3,(H2,22,23,24). The number of guanidine groups is 1. The maximum atomic E-state index is 6.18. The lowest BCUT2D eigenvalue weighted by Crippen LogP contribution is -2.44. The molecule has 1 aliphatic rings. The molecule has 158 valence electrons. The number of ether oxygens (including phenoxy) is 3. The van der Waals surface area contributed by atoms with Gasteiger partial charge in [0.15, 0.2) is 5.96 Å². The van der Waals surface area contributed by atoms with Gasteiger partial charge in [-0.05, 0) is 38.0 Å². The Morgan fingerprint density at radius 1 is 1.29 bits per heavy atom. The van der Waals surface area contributed by atoms with Crippen LogP contribution in [0.4, 0.5) is 5.69 Å². The molecule has 0 amide bonds. The molecule has 0 saturated carbocycles. The van der Waals surface area contributed by atoms with Gasteiger partial charge in [0.25, 0.3) is 0 Å². The van der Waals surface area contributed by atoms with E-state index in [9.17, 15) is 0 Å². The zero-order valence-corrected chi connectivity index (χ0v) is 17.9. The van der Waals surface area contributed by atoms with Gasteiger partial charge >= 0.3 is 0 Å². The van der Waals surface area contributed by atoms with Crippen LogP contribution in [0.25, 0.3) is 0 Å². The summed E-state index contributed by atoms with van der Waals surface area (Å²) in [6.07, 6.45) is 1.91. The Balaban J connectivity index is 1.84. The summed E-state index contributed by atoms with van der Waals surface area (Å²) in [4.78, 5) is 6.96. The quantitative estimate of drug-likeness (QED) is 0.331. The number of methoxy groups -OCH3 is 2. The highest BCUT2D eigenvalue weighted by Crippen LogP contribution is 2.33. The van der Waals surface area contributed by atoms with Crippen molar-refractivity contribution in [2.45, 2.75) is 25.8 Å². The molecule has 1 unspecified atom stereocenters. The van der Waals surface area contributed by atoms with Crippen LogP contribution in [0, 0.1) is 0 Å². The number of anilines is 1. The minimum atomic E-state index is 0.319. The minimum Gasteiger partial charge on any atom is -0.495 e. The number of benzene rings is 1. The first kappa shape index (κ1) is 22.6. The fourth-order valence-corrected chi connectivity index (χ4v) is 3.29. The number of halogens is 1. The Labute approximate surface area is 173 Å². The van der Waals surface area contributed by atoms with Gasteiger partial charge < -0.3 is 29.7 Å². The predicted octanol–water partition coefficient (Wildman–Crippen LogP) is 2.54. The van der Waals surface area contributed by atoms with E-state index < -0.39 is 0 Å². The summed E-state index contributed by atoms with van der Waals surface area (Å²) in [7, 11) is 3.36. The Bertz CT molecular complexity index is 615. The van der Waals surface area contributed by atoms with Gasteiger partial charge in [-0.2, -0.15) is 0 Å². The monoisotopic (exact) mass is 412 g/mol. The first-order valence-corrected chi connectivity index (χ1v) is 10.3. The molecule has 1 fully saturated rings. The minimum absolute atomic E-state index is 0.319. The third kappa shape index (κ3) is 7.37. The lowest BCUT2D eigenvalue weighted by molar-refractivity contribution is 0.0702. The summed E-state index contributed by atoms with van der Waals surface area (Å²) in [5, 5.41) is 7.58. The highest BCUT2D eigenvalue weighted by Gasteiger charge is 2.25. The Hall–Kier alpha value is -1.70. The zero-order chi connectivity index (χ0) is 20.2. The molecule has 0 radical (unpaired) electrons. The molecule has 7 nitrogen and oxygen atoms in total. The third-order valence-electron chi connectivity index (χ3n) is 4.50. The number of hydrogen-bond acceptors (Lipinski definition) is 5. The number of hydrogen-bond donors (Lipinski definition) is 2. The largest absolute Gasteiger partial charge is 0.495 e. The fraction of sp³-hybridized carbons (Fsp3) is 0.650. The van der Waals surface area contributed by atoms with E-state index in [1.807, 2.05) is 18.2 Å². The van der Waals surface area contributed by atoms with E-state index >= 15 is 0 Å². The van der Waals surface area contributed by atoms with E-state index in [0.717, 1.165) is 61.4 Å². The van der Waals surface area contributed by atoms with Crippen LogP contribution in [0.2, 0.25) is 5.02 Å². The molecule has 0 aliphatic carbocycles. The normalized spacial score (nSPS) is 17.1. The first-order chi connectivity index (χ1) is 13.7. The fourth-order valence-electron chi connectivity index (χ4n) is 3.12. The molecular formula is C20H33ClN4O3. The second kappa shape index (κ2) is 12.7. The van der Waals surface area contributed by atoms with Crippen molar-refractivity contribution >= 4 is 23.2 Å².